The van der Waals surface area contributed by atoms with Crippen LogP contribution >= 0.6 is 0 Å². The van der Waals surface area contributed by atoms with E-state index < -0.39 is 38.4 Å². The number of fused-ring (bicyclic) bond motifs is 2. The Kier molecular flexibility index (Phi) is 21.1. The lowest BCUT2D eigenvalue weighted by atomic mass is 9.82. The number of hydrogen-bond donors (Lipinski definition) is 1. The average molecular weight is 1220 g/mol. The summed E-state index contributed by atoms with van der Waals surface area (Å²) in [6.07, 6.45) is 13.3. The van der Waals surface area contributed by atoms with E-state index in [1.54, 1.807) is 22.9 Å². The number of anilines is 2. The number of para-hydroxylation sites is 1. The van der Waals surface area contributed by atoms with Gasteiger partial charge in [-0.15, -0.1) is 0 Å². The Morgan fingerprint density at radius 3 is 1.61 bits per heavy atom. The molecule has 2 aliphatic carbocycles. The molecule has 4 aromatic heterocycles. The molecule has 0 bridgehead atoms. The third-order valence-electron chi connectivity index (χ3n) is 16.9. The number of halogens is 2. The zero-order chi connectivity index (χ0) is 60.4. The van der Waals surface area contributed by atoms with Crippen molar-refractivity contribution in [3.63, 3.8) is 0 Å². The van der Waals surface area contributed by atoms with Crippen LogP contribution in [0.5, 0.6) is 5.75 Å². The van der Waals surface area contributed by atoms with Gasteiger partial charge in [0.15, 0.2) is 17.1 Å². The number of ether oxygens (including phenoxy) is 3. The fourth-order valence-corrected chi connectivity index (χ4v) is 12.4. The molecule has 2 saturated carbocycles. The molecule has 12 rings (SSSR count). The maximum Gasteiger partial charge on any atom is 0.387 e. The average Bonchev–Trinajstić information content (AvgIpc) is 2.95. The van der Waals surface area contributed by atoms with Crippen LogP contribution in [0.15, 0.2) is 72.9 Å². The van der Waals surface area contributed by atoms with Gasteiger partial charge in [-0.1, -0.05) is 37.1 Å². The fourth-order valence-electron chi connectivity index (χ4n) is 11.7. The molecule has 0 radical (unpaired) electrons. The maximum absolute atomic E-state index is 13.5. The van der Waals surface area contributed by atoms with Crippen molar-refractivity contribution in [3.8, 4) is 17.1 Å². The predicted octanol–water partition coefficient (Wildman–Crippen LogP) is 5.82. The first kappa shape index (κ1) is 63.1. The zero-order valence-corrected chi connectivity index (χ0v) is 50.3. The van der Waals surface area contributed by atoms with E-state index in [0.29, 0.717) is 29.3 Å². The number of pyridine rings is 2. The molecule has 6 fully saturated rings. The zero-order valence-electron chi connectivity index (χ0n) is 48.7. The molecular weight excluding hydrogens is 1140 g/mol. The number of alkyl halides is 2. The lowest BCUT2D eigenvalue weighted by molar-refractivity contribution is -0.191. The predicted molar refractivity (Wildman–Crippen MR) is 316 cm³/mol. The number of Topliss-reactive ketones (excluding diaryl/α,β-unsaturated/α-hetero) is 1. The van der Waals surface area contributed by atoms with Gasteiger partial charge in [-0.2, -0.15) is 41.3 Å². The number of piperidine rings is 2. The molecule has 2 N–H and O–H groups in total. The number of morpholine rings is 2. The topological polar surface area (TPSA) is 254 Å². The Balaban J connectivity index is 0.000000183. The van der Waals surface area contributed by atoms with Gasteiger partial charge < -0.3 is 24.0 Å². The van der Waals surface area contributed by atoms with Gasteiger partial charge in [-0.3, -0.25) is 14.6 Å². The molecule has 27 heteroatoms. The molecule has 0 atom stereocenters. The molecule has 8 heterocycles. The van der Waals surface area contributed by atoms with E-state index >= 15 is 0 Å². The molecule has 85 heavy (non-hydrogen) atoms. The van der Waals surface area contributed by atoms with E-state index in [-0.39, 0.29) is 23.5 Å². The second-order valence-electron chi connectivity index (χ2n) is 22.4. The van der Waals surface area contributed by atoms with Crippen LogP contribution in [-0.4, -0.2) is 208 Å². The van der Waals surface area contributed by atoms with E-state index in [1.165, 1.54) is 89.2 Å². The summed E-state index contributed by atoms with van der Waals surface area (Å²) in [5.41, 5.74) is 7.19. The second-order valence-corrected chi connectivity index (χ2v) is 26.4. The van der Waals surface area contributed by atoms with Crippen molar-refractivity contribution in [1.29, 1.82) is 0 Å². The molecule has 4 saturated heterocycles. The lowest BCUT2D eigenvalue weighted by Crippen LogP contribution is -2.49. The number of nitrogens with two attached hydrogens (primary N) is 1. The smallest absolute Gasteiger partial charge is 0.387 e. The Hall–Kier alpha value is -6.39. The van der Waals surface area contributed by atoms with Crippen molar-refractivity contribution >= 4 is 65.6 Å². The molecule has 6 aromatic rings. The van der Waals surface area contributed by atoms with Crippen molar-refractivity contribution in [2.45, 2.75) is 94.7 Å². The van der Waals surface area contributed by atoms with Crippen molar-refractivity contribution in [3.05, 3.63) is 90.0 Å². The van der Waals surface area contributed by atoms with Gasteiger partial charge in [-0.05, 0) is 87.8 Å². The molecule has 0 spiro atoms. The van der Waals surface area contributed by atoms with Gasteiger partial charge in [0.1, 0.15) is 17.2 Å². The monoisotopic (exact) mass is 1220 g/mol. The highest BCUT2D eigenvalue weighted by Gasteiger charge is 2.35. The summed E-state index contributed by atoms with van der Waals surface area (Å²) in [5, 5.41) is 16.8. The van der Waals surface area contributed by atoms with Crippen LogP contribution in [0.4, 0.5) is 20.2 Å². The largest absolute Gasteiger partial charge is 0.435 e. The SMILES string of the molecule is CN(C)S(=O)(=O)CC(=O)c1cc(N2CCC(N3CCOCC3)CC2)c2c(C3CCC3)nn(-c3cccc(OC(F)F)c3)c2n1.CN(C)S(N)(=O)=O.O=C=O.c1ccc(-n2nc(C3CCC3)c3c(N4CCC(N5CCOCC5)CC4)ccnc32)cc1. The molecule has 2 aromatic carbocycles. The first-order valence-electron chi connectivity index (χ1n) is 29.0. The molecule has 460 valence electrons. The highest BCUT2D eigenvalue weighted by Crippen LogP contribution is 2.45. The van der Waals surface area contributed by atoms with Gasteiger partial charge in [0, 0.05) is 117 Å². The van der Waals surface area contributed by atoms with Gasteiger partial charge in [0.05, 0.1) is 71.3 Å². The Morgan fingerprint density at radius 2 is 1.14 bits per heavy atom. The van der Waals surface area contributed by atoms with E-state index in [1.807, 2.05) is 6.20 Å². The van der Waals surface area contributed by atoms with E-state index in [2.05, 4.69) is 70.6 Å². The molecule has 0 unspecified atom stereocenters. The quantitative estimate of drug-likeness (QED) is 0.119. The Morgan fingerprint density at radius 1 is 0.659 bits per heavy atom. The first-order valence-corrected chi connectivity index (χ1v) is 32.1. The summed E-state index contributed by atoms with van der Waals surface area (Å²) in [5.74, 6) is -0.611. The third-order valence-corrected chi connectivity index (χ3v) is 19.6. The molecule has 6 aliphatic rings. The summed E-state index contributed by atoms with van der Waals surface area (Å²) < 4.78 is 92.8. The summed E-state index contributed by atoms with van der Waals surface area (Å²) >= 11 is 0. The minimum atomic E-state index is -3.83. The highest BCUT2D eigenvalue weighted by atomic mass is 32.2. The molecule has 0 amide bonds. The van der Waals surface area contributed by atoms with Gasteiger partial charge in [-0.25, -0.2) is 37.2 Å². The van der Waals surface area contributed by atoms with Gasteiger partial charge in [0.25, 0.3) is 10.2 Å². The number of ketones is 1. The summed E-state index contributed by atoms with van der Waals surface area (Å²) in [6.45, 7) is 7.94. The van der Waals surface area contributed by atoms with Crippen LogP contribution in [0.25, 0.3) is 33.4 Å². The first-order chi connectivity index (χ1) is 40.8. The highest BCUT2D eigenvalue weighted by molar-refractivity contribution is 7.89. The van der Waals surface area contributed by atoms with Crippen molar-refractivity contribution in [1.82, 2.24) is 47.9 Å². The number of sulfonamides is 1. The second kappa shape index (κ2) is 28.4. The summed E-state index contributed by atoms with van der Waals surface area (Å²) in [4.78, 5) is 49.2. The van der Waals surface area contributed by atoms with Crippen LogP contribution in [0, 0.1) is 0 Å². The van der Waals surface area contributed by atoms with Crippen LogP contribution in [0.2, 0.25) is 0 Å². The molecular formula is C58H77F2N13O10S2. The number of rotatable bonds is 15. The van der Waals surface area contributed by atoms with Crippen LogP contribution < -0.4 is 19.7 Å². The maximum atomic E-state index is 13.5. The standard InChI is InChI=1S/C30H38F2N6O5S.C25H31N5O.C2H8N2O2S.CO2/c1-35(2)44(40,41)19-26(39)24-18-25(37-11-9-21(10-12-37)36-13-15-42-16-14-36)27-28(20-5-3-6-20)34-38(29(27)33-24)22-7-4-8-23(17-22)43-30(31)32;1-2-7-21(8-3-1)30-25-23(24(27-30)19-5-4-6-19)22(9-12-26-25)29-13-10-20(11-14-29)28-15-17-31-18-16-28;1-4(2)7(3,5)6;2-1-3/h4,7-8,17-18,20-21,30H,3,5-6,9-16,19H2,1-2H3;1-3,7-9,12,19-20H,4-6,10-11,13-18H2;1-2H3,(H2,3,5,6);. The number of hydrogen-bond acceptors (Lipinski definition) is 18. The number of aromatic nitrogens is 6. The van der Waals surface area contributed by atoms with Crippen molar-refractivity contribution in [2.24, 2.45) is 5.14 Å². The molecule has 23 nitrogen and oxygen atoms in total. The lowest BCUT2D eigenvalue weighted by Gasteiger charge is -2.41. The van der Waals surface area contributed by atoms with Crippen LogP contribution in [0.1, 0.15) is 97.9 Å². The van der Waals surface area contributed by atoms with Gasteiger partial charge >= 0.3 is 12.8 Å². The number of nitrogens with zero attached hydrogens (tertiary/aromatic N) is 12. The van der Waals surface area contributed by atoms with Crippen molar-refractivity contribution in [2.75, 3.05) is 123 Å². The van der Waals surface area contributed by atoms with Crippen LogP contribution in [-0.2, 0) is 39.3 Å². The number of carbonyl (C=O) groups is 1. The fraction of sp³-hybridized carbons (Fsp3) is 0.552. The minimum Gasteiger partial charge on any atom is -0.435 e. The third kappa shape index (κ3) is 15.2. The van der Waals surface area contributed by atoms with Crippen LogP contribution in [0.3, 0.4) is 0 Å². The van der Waals surface area contributed by atoms with Crippen molar-refractivity contribution < 1.29 is 54.2 Å². The normalized spacial score (nSPS) is 18.9. The van der Waals surface area contributed by atoms with E-state index in [9.17, 15) is 30.4 Å². The van der Waals surface area contributed by atoms with Gasteiger partial charge in [0.2, 0.25) is 10.0 Å². The Bertz CT molecular complexity index is 3480. The minimum absolute atomic E-state index is 0.0227. The summed E-state index contributed by atoms with van der Waals surface area (Å²) in [7, 11) is -1.73. The summed E-state index contributed by atoms with van der Waals surface area (Å²) in [6, 6.07) is 21.7. The molecule has 4 aliphatic heterocycles. The van der Waals surface area contributed by atoms with E-state index in [4.69, 9.17) is 39.2 Å². The van der Waals surface area contributed by atoms with E-state index in [0.717, 1.165) is 148 Å². The number of carbonyl (C=O) groups excluding carboxylic acids is 3. The Labute approximate surface area is 495 Å². The number of benzene rings is 2.